The largest absolute Gasteiger partial charge is 0.456 e. The van der Waals surface area contributed by atoms with Crippen molar-refractivity contribution in [1.29, 1.82) is 0 Å². The Bertz CT molecular complexity index is 2580. The second-order valence-corrected chi connectivity index (χ2v) is 13.7. The molecule has 2 aliphatic rings. The van der Waals surface area contributed by atoms with Crippen LogP contribution < -0.4 is 4.74 Å². The van der Waals surface area contributed by atoms with Gasteiger partial charge in [0.25, 0.3) is 0 Å². The van der Waals surface area contributed by atoms with Crippen LogP contribution >= 0.6 is 0 Å². The van der Waals surface area contributed by atoms with Gasteiger partial charge < -0.3 is 4.74 Å². The highest BCUT2D eigenvalue weighted by Gasteiger charge is 2.48. The lowest BCUT2D eigenvalue weighted by molar-refractivity contribution is 0.429. The van der Waals surface area contributed by atoms with E-state index in [4.69, 9.17) is 4.74 Å². The average Bonchev–Trinajstić information content (AvgIpc) is 3.50. The van der Waals surface area contributed by atoms with Crippen molar-refractivity contribution in [1.82, 2.24) is 0 Å². The molecule has 0 radical (unpaired) electrons. The minimum atomic E-state index is -0.564. The Morgan fingerprint density at radius 2 is 0.940 bits per heavy atom. The highest BCUT2D eigenvalue weighted by atomic mass is 16.5. The fourth-order valence-corrected chi connectivity index (χ4v) is 9.10. The average molecular weight is 639 g/mol. The van der Waals surface area contributed by atoms with Crippen molar-refractivity contribution in [3.63, 3.8) is 0 Å². The van der Waals surface area contributed by atoms with Crippen molar-refractivity contribution < 1.29 is 4.74 Å². The highest BCUT2D eigenvalue weighted by molar-refractivity contribution is 6.04. The van der Waals surface area contributed by atoms with Gasteiger partial charge in [-0.25, -0.2) is 0 Å². The topological polar surface area (TPSA) is 9.23 Å². The van der Waals surface area contributed by atoms with Gasteiger partial charge in [0.05, 0.1) is 5.41 Å². The van der Waals surface area contributed by atoms with Gasteiger partial charge in [0, 0.05) is 22.1 Å². The van der Waals surface area contributed by atoms with E-state index in [0.29, 0.717) is 0 Å². The van der Waals surface area contributed by atoms with Gasteiger partial charge >= 0.3 is 0 Å². The van der Waals surface area contributed by atoms with Crippen molar-refractivity contribution in [2.75, 3.05) is 0 Å². The summed E-state index contributed by atoms with van der Waals surface area (Å²) in [6, 6.07) is 68.7. The van der Waals surface area contributed by atoms with Gasteiger partial charge in [-0.1, -0.05) is 182 Å². The lowest BCUT2D eigenvalue weighted by Crippen LogP contribution is -2.30. The van der Waals surface area contributed by atoms with Crippen LogP contribution in [0.5, 0.6) is 11.5 Å². The molecule has 8 aromatic carbocycles. The van der Waals surface area contributed by atoms with Crippen LogP contribution in [-0.4, -0.2) is 0 Å². The molecule has 0 saturated carbocycles. The fourth-order valence-electron chi connectivity index (χ4n) is 9.10. The molecule has 1 heteroatoms. The van der Waals surface area contributed by atoms with Gasteiger partial charge in [-0.2, -0.15) is 0 Å². The van der Waals surface area contributed by atoms with Gasteiger partial charge in [-0.3, -0.25) is 0 Å². The molecule has 0 saturated heterocycles. The molecule has 1 heterocycles. The summed E-state index contributed by atoms with van der Waals surface area (Å²) < 4.78 is 7.03. The molecule has 10 rings (SSSR count). The predicted molar refractivity (Wildman–Crippen MR) is 205 cm³/mol. The van der Waals surface area contributed by atoms with Gasteiger partial charge in [0.2, 0.25) is 0 Å². The third-order valence-corrected chi connectivity index (χ3v) is 11.3. The third-order valence-electron chi connectivity index (χ3n) is 11.3. The van der Waals surface area contributed by atoms with Crippen molar-refractivity contribution in [3.05, 3.63) is 227 Å². The van der Waals surface area contributed by atoms with Crippen LogP contribution in [0.3, 0.4) is 0 Å². The molecule has 0 amide bonds. The predicted octanol–water partition coefficient (Wildman–Crippen LogP) is 12.3. The molecule has 1 aliphatic carbocycles. The monoisotopic (exact) mass is 638 g/mol. The molecule has 8 aromatic rings. The summed E-state index contributed by atoms with van der Waals surface area (Å²) in [5.74, 6) is 1.82. The van der Waals surface area contributed by atoms with E-state index in [0.717, 1.165) is 17.1 Å². The first-order chi connectivity index (χ1) is 24.7. The lowest BCUT2D eigenvalue weighted by Gasteiger charge is -2.39. The number of hydrogen-bond acceptors (Lipinski definition) is 1. The first-order valence-electron chi connectivity index (χ1n) is 17.4. The Morgan fingerprint density at radius 3 is 1.72 bits per heavy atom. The molecule has 0 aromatic heterocycles. The van der Waals surface area contributed by atoms with Gasteiger partial charge in [-0.05, 0) is 68.3 Å². The first-order valence-corrected chi connectivity index (χ1v) is 17.4. The van der Waals surface area contributed by atoms with Crippen molar-refractivity contribution in [2.24, 2.45) is 0 Å². The number of hydrogen-bond donors (Lipinski definition) is 0. The van der Waals surface area contributed by atoms with Crippen LogP contribution in [0, 0.1) is 0 Å². The summed E-state index contributed by atoms with van der Waals surface area (Å²) >= 11 is 0. The van der Waals surface area contributed by atoms with Crippen LogP contribution in [0.25, 0.3) is 33.0 Å². The van der Waals surface area contributed by atoms with E-state index in [9.17, 15) is 0 Å². The lowest BCUT2D eigenvalue weighted by atomic mass is 9.65. The number of benzene rings is 8. The fraction of sp³-hybridized carbons (Fsp3) is 0.0612. The van der Waals surface area contributed by atoms with Crippen LogP contribution in [-0.2, 0) is 10.8 Å². The van der Waals surface area contributed by atoms with E-state index >= 15 is 0 Å². The molecule has 0 fully saturated rings. The first kappa shape index (κ1) is 28.8. The van der Waals surface area contributed by atoms with E-state index in [1.807, 2.05) is 0 Å². The number of rotatable bonds is 4. The van der Waals surface area contributed by atoms with E-state index in [1.54, 1.807) is 0 Å². The maximum atomic E-state index is 7.03. The minimum absolute atomic E-state index is 0.404. The Morgan fingerprint density at radius 1 is 0.380 bits per heavy atom. The van der Waals surface area contributed by atoms with Crippen molar-refractivity contribution >= 4 is 10.8 Å². The Kier molecular flexibility index (Phi) is 6.29. The summed E-state index contributed by atoms with van der Waals surface area (Å²) in [4.78, 5) is 0. The van der Waals surface area contributed by atoms with Crippen LogP contribution in [0.1, 0.15) is 45.9 Å². The molecule has 0 spiro atoms. The molecule has 50 heavy (non-hydrogen) atoms. The van der Waals surface area contributed by atoms with Gasteiger partial charge in [-0.15, -0.1) is 0 Å². The summed E-state index contributed by atoms with van der Waals surface area (Å²) in [7, 11) is 0. The Labute approximate surface area is 293 Å². The van der Waals surface area contributed by atoms with E-state index in [2.05, 4.69) is 195 Å². The quantitative estimate of drug-likeness (QED) is 0.186. The van der Waals surface area contributed by atoms with Gasteiger partial charge in [0.15, 0.2) is 0 Å². The maximum absolute atomic E-state index is 7.03. The smallest absolute Gasteiger partial charge is 0.139 e. The second kappa shape index (κ2) is 10.9. The molecular formula is C49H34O. The molecule has 2 atom stereocenters. The van der Waals surface area contributed by atoms with E-state index in [1.165, 1.54) is 66.4 Å². The van der Waals surface area contributed by atoms with Gasteiger partial charge in [0.1, 0.15) is 11.5 Å². The van der Waals surface area contributed by atoms with Crippen molar-refractivity contribution in [2.45, 2.75) is 17.8 Å². The summed E-state index contributed by atoms with van der Waals surface area (Å²) in [5.41, 5.74) is 12.6. The zero-order valence-electron chi connectivity index (χ0n) is 27.8. The zero-order valence-corrected chi connectivity index (χ0v) is 27.8. The zero-order chi connectivity index (χ0) is 33.3. The van der Waals surface area contributed by atoms with Crippen LogP contribution in [0.4, 0.5) is 0 Å². The summed E-state index contributed by atoms with van der Waals surface area (Å²) in [6.07, 6.45) is 0. The van der Waals surface area contributed by atoms with Crippen molar-refractivity contribution in [3.8, 4) is 33.8 Å². The molecule has 0 bridgehead atoms. The number of fused-ring (bicyclic) bond motifs is 7. The van der Waals surface area contributed by atoms with E-state index < -0.39 is 10.8 Å². The summed E-state index contributed by atoms with van der Waals surface area (Å²) in [5, 5.41) is 2.53. The molecular weight excluding hydrogens is 605 g/mol. The Hall–Kier alpha value is -6.18. The molecule has 1 nitrogen and oxygen atoms in total. The number of para-hydroxylation sites is 2. The second-order valence-electron chi connectivity index (χ2n) is 13.7. The summed E-state index contributed by atoms with van der Waals surface area (Å²) in [6.45, 7) is 2.35. The molecule has 1 aliphatic heterocycles. The normalized spacial score (nSPS) is 18.4. The molecule has 0 N–H and O–H groups in total. The highest BCUT2D eigenvalue weighted by Crippen LogP contribution is 2.61. The van der Waals surface area contributed by atoms with E-state index in [-0.39, 0.29) is 0 Å². The Balaban J connectivity index is 1.31. The SMILES string of the molecule is CC1(c2ccccc2)c2ccccc2Oc2c(-c3ccccc3C3(c4ccccc4)c4ccccc4-c4c3ccc3ccccc43)cccc21. The maximum Gasteiger partial charge on any atom is 0.139 e. The number of ether oxygens (including phenoxy) is 1. The molecule has 236 valence electrons. The molecule has 2 unspecified atom stereocenters. The third kappa shape index (κ3) is 3.83. The van der Waals surface area contributed by atoms with Crippen LogP contribution in [0.2, 0.25) is 0 Å². The standard InChI is InChI=1S/C49H34O/c1-48(34-18-4-2-5-19-34)42-28-14-15-30-45(42)50-47-38(25-16-29-44(47)48)37-23-10-12-26-40(37)49(35-20-6-3-7-21-35)41-27-13-11-24-39(41)46-36-22-9-8-17-33(36)31-32-43(46)49/h2-32H,1H3. The minimum Gasteiger partial charge on any atom is -0.456 e. The van der Waals surface area contributed by atoms with Crippen LogP contribution in [0.15, 0.2) is 188 Å².